The normalized spacial score (nSPS) is 11.4. The topological polar surface area (TPSA) is 26.0 Å². The lowest BCUT2D eigenvalue weighted by atomic mass is 9.95. The number of nitrogens with two attached hydrogens (primary N) is 1. The molecule has 0 saturated carbocycles. The SMILES string of the molecule is Nc1cc2ccccc2c2c1ccc1ccccc12. The summed E-state index contributed by atoms with van der Waals surface area (Å²) in [6, 6.07) is 23.2. The summed E-state index contributed by atoms with van der Waals surface area (Å²) in [5, 5.41) is 7.38. The summed E-state index contributed by atoms with van der Waals surface area (Å²) in [5.74, 6) is 0. The summed E-state index contributed by atoms with van der Waals surface area (Å²) >= 11 is 0. The fraction of sp³-hybridized carbons (Fsp3) is 0. The molecule has 2 N–H and O–H groups in total. The zero-order valence-electron chi connectivity index (χ0n) is 10.4. The Morgan fingerprint density at radius 2 is 1.21 bits per heavy atom. The number of rotatable bonds is 0. The van der Waals surface area contributed by atoms with E-state index in [1.54, 1.807) is 0 Å². The molecule has 0 heterocycles. The lowest BCUT2D eigenvalue weighted by Gasteiger charge is -2.10. The summed E-state index contributed by atoms with van der Waals surface area (Å²) in [4.78, 5) is 0. The van der Waals surface area contributed by atoms with Crippen LogP contribution < -0.4 is 5.73 Å². The number of nitrogen functional groups attached to an aromatic ring is 1. The summed E-state index contributed by atoms with van der Waals surface area (Å²) in [5.41, 5.74) is 7.06. The minimum atomic E-state index is 0.847. The highest BCUT2D eigenvalue weighted by Gasteiger charge is 2.07. The van der Waals surface area contributed by atoms with E-state index in [0.29, 0.717) is 0 Å². The summed E-state index contributed by atoms with van der Waals surface area (Å²) in [6.45, 7) is 0. The van der Waals surface area contributed by atoms with Gasteiger partial charge in [-0.05, 0) is 33.0 Å². The Hall–Kier alpha value is -2.54. The van der Waals surface area contributed by atoms with Crippen LogP contribution >= 0.6 is 0 Å². The standard InChI is InChI=1S/C18H13N/c19-17-11-13-6-2-4-8-15(13)18-14-7-3-1-5-12(14)9-10-16(17)18/h1-11H,19H2. The lowest BCUT2D eigenvalue weighted by molar-refractivity contribution is 1.76. The van der Waals surface area contributed by atoms with Gasteiger partial charge in [0.15, 0.2) is 0 Å². The van der Waals surface area contributed by atoms with Crippen LogP contribution in [0.3, 0.4) is 0 Å². The van der Waals surface area contributed by atoms with E-state index in [9.17, 15) is 0 Å². The Labute approximate surface area is 111 Å². The van der Waals surface area contributed by atoms with Gasteiger partial charge in [0.25, 0.3) is 0 Å². The third kappa shape index (κ3) is 1.42. The Balaban J connectivity index is 2.40. The molecule has 0 atom stereocenters. The quantitative estimate of drug-likeness (QED) is 0.350. The summed E-state index contributed by atoms with van der Waals surface area (Å²) in [7, 11) is 0. The number of anilines is 1. The van der Waals surface area contributed by atoms with Crippen LogP contribution in [0.25, 0.3) is 32.3 Å². The van der Waals surface area contributed by atoms with Crippen molar-refractivity contribution >= 4 is 38.0 Å². The van der Waals surface area contributed by atoms with Crippen molar-refractivity contribution in [3.8, 4) is 0 Å². The molecule has 0 amide bonds. The van der Waals surface area contributed by atoms with Gasteiger partial charge in [-0.3, -0.25) is 0 Å². The molecule has 0 aliphatic heterocycles. The predicted octanol–water partition coefficient (Wildman–Crippen LogP) is 4.73. The summed E-state index contributed by atoms with van der Waals surface area (Å²) < 4.78 is 0. The van der Waals surface area contributed by atoms with Crippen LogP contribution in [0.2, 0.25) is 0 Å². The third-order valence-corrected chi connectivity index (χ3v) is 3.78. The van der Waals surface area contributed by atoms with Crippen LogP contribution in [-0.2, 0) is 0 Å². The molecular formula is C18H13N. The molecule has 19 heavy (non-hydrogen) atoms. The second-order valence-electron chi connectivity index (χ2n) is 4.90. The number of fused-ring (bicyclic) bond motifs is 5. The molecule has 4 aromatic rings. The van der Waals surface area contributed by atoms with Gasteiger partial charge in [-0.15, -0.1) is 0 Å². The minimum absolute atomic E-state index is 0.847. The van der Waals surface area contributed by atoms with E-state index in [1.165, 1.54) is 26.9 Å². The summed E-state index contributed by atoms with van der Waals surface area (Å²) in [6.07, 6.45) is 0. The molecule has 0 aromatic heterocycles. The first-order valence-corrected chi connectivity index (χ1v) is 6.43. The first-order chi connectivity index (χ1) is 9.34. The zero-order chi connectivity index (χ0) is 12.8. The molecule has 90 valence electrons. The molecule has 0 bridgehead atoms. The van der Waals surface area contributed by atoms with Crippen LogP contribution in [0, 0.1) is 0 Å². The molecule has 0 unspecified atom stereocenters. The van der Waals surface area contributed by atoms with E-state index < -0.39 is 0 Å². The van der Waals surface area contributed by atoms with Gasteiger partial charge in [0.2, 0.25) is 0 Å². The molecule has 0 radical (unpaired) electrons. The van der Waals surface area contributed by atoms with E-state index in [0.717, 1.165) is 11.1 Å². The van der Waals surface area contributed by atoms with E-state index in [1.807, 2.05) is 0 Å². The Kier molecular flexibility index (Phi) is 2.04. The highest BCUT2D eigenvalue weighted by atomic mass is 14.5. The Morgan fingerprint density at radius 1 is 0.579 bits per heavy atom. The van der Waals surface area contributed by atoms with Gasteiger partial charge >= 0.3 is 0 Å². The zero-order valence-corrected chi connectivity index (χ0v) is 10.4. The molecule has 0 saturated heterocycles. The van der Waals surface area contributed by atoms with Gasteiger partial charge < -0.3 is 5.73 Å². The van der Waals surface area contributed by atoms with Crippen LogP contribution in [0.4, 0.5) is 5.69 Å². The molecule has 1 nitrogen and oxygen atoms in total. The van der Waals surface area contributed by atoms with Crippen molar-refractivity contribution in [1.82, 2.24) is 0 Å². The van der Waals surface area contributed by atoms with Crippen molar-refractivity contribution in [3.05, 3.63) is 66.7 Å². The van der Waals surface area contributed by atoms with E-state index in [-0.39, 0.29) is 0 Å². The highest BCUT2D eigenvalue weighted by Crippen LogP contribution is 2.35. The minimum Gasteiger partial charge on any atom is -0.398 e. The lowest BCUT2D eigenvalue weighted by Crippen LogP contribution is -1.89. The molecule has 0 aliphatic rings. The van der Waals surface area contributed by atoms with Crippen LogP contribution in [0.1, 0.15) is 0 Å². The van der Waals surface area contributed by atoms with Crippen molar-refractivity contribution < 1.29 is 0 Å². The van der Waals surface area contributed by atoms with Crippen molar-refractivity contribution in [2.75, 3.05) is 5.73 Å². The van der Waals surface area contributed by atoms with E-state index >= 15 is 0 Å². The molecule has 1 heteroatoms. The van der Waals surface area contributed by atoms with Crippen molar-refractivity contribution in [2.24, 2.45) is 0 Å². The van der Waals surface area contributed by atoms with Gasteiger partial charge in [-0.25, -0.2) is 0 Å². The van der Waals surface area contributed by atoms with Crippen LogP contribution in [-0.4, -0.2) is 0 Å². The molecule has 0 aliphatic carbocycles. The monoisotopic (exact) mass is 243 g/mol. The maximum atomic E-state index is 6.21. The smallest absolute Gasteiger partial charge is 0.0400 e. The van der Waals surface area contributed by atoms with E-state index in [4.69, 9.17) is 5.73 Å². The third-order valence-electron chi connectivity index (χ3n) is 3.78. The van der Waals surface area contributed by atoms with Crippen molar-refractivity contribution in [1.29, 1.82) is 0 Å². The Bertz CT molecular complexity index is 907. The largest absolute Gasteiger partial charge is 0.398 e. The maximum absolute atomic E-state index is 6.21. The second-order valence-corrected chi connectivity index (χ2v) is 4.90. The molecular weight excluding hydrogens is 230 g/mol. The van der Waals surface area contributed by atoms with E-state index in [2.05, 4.69) is 66.7 Å². The second kappa shape index (κ2) is 3.72. The average molecular weight is 243 g/mol. The molecule has 4 aromatic carbocycles. The van der Waals surface area contributed by atoms with Crippen molar-refractivity contribution in [2.45, 2.75) is 0 Å². The number of hydrogen-bond acceptors (Lipinski definition) is 1. The van der Waals surface area contributed by atoms with Gasteiger partial charge in [-0.1, -0.05) is 60.7 Å². The van der Waals surface area contributed by atoms with Crippen LogP contribution in [0.5, 0.6) is 0 Å². The van der Waals surface area contributed by atoms with Gasteiger partial charge in [0.05, 0.1) is 0 Å². The van der Waals surface area contributed by atoms with Gasteiger partial charge in [0, 0.05) is 11.1 Å². The fourth-order valence-electron chi connectivity index (χ4n) is 2.90. The molecule has 0 spiro atoms. The maximum Gasteiger partial charge on any atom is 0.0400 e. The average Bonchev–Trinajstić information content (AvgIpc) is 2.47. The van der Waals surface area contributed by atoms with Gasteiger partial charge in [0.1, 0.15) is 0 Å². The molecule has 0 fully saturated rings. The fourth-order valence-corrected chi connectivity index (χ4v) is 2.90. The Morgan fingerprint density at radius 3 is 2.00 bits per heavy atom. The van der Waals surface area contributed by atoms with Gasteiger partial charge in [-0.2, -0.15) is 0 Å². The molecule has 4 rings (SSSR count). The van der Waals surface area contributed by atoms with Crippen molar-refractivity contribution in [3.63, 3.8) is 0 Å². The number of benzene rings is 4. The number of hydrogen-bond donors (Lipinski definition) is 1. The highest BCUT2D eigenvalue weighted by molar-refractivity contribution is 6.23. The van der Waals surface area contributed by atoms with Crippen LogP contribution in [0.15, 0.2) is 66.7 Å². The predicted molar refractivity (Wildman–Crippen MR) is 83.4 cm³/mol. The first kappa shape index (κ1) is 10.4. The first-order valence-electron chi connectivity index (χ1n) is 6.43.